The summed E-state index contributed by atoms with van der Waals surface area (Å²) in [6, 6.07) is 0. The van der Waals surface area contributed by atoms with Crippen LogP contribution in [0.5, 0.6) is 0 Å². The molecule has 0 aromatic carbocycles. The molecule has 3 rings (SSSR count). The minimum absolute atomic E-state index is 0.134. The van der Waals surface area contributed by atoms with Crippen molar-refractivity contribution in [2.75, 3.05) is 18.0 Å². The van der Waals surface area contributed by atoms with Gasteiger partial charge >= 0.3 is 6.18 Å². The second-order valence-corrected chi connectivity index (χ2v) is 6.31. The minimum Gasteiger partial charge on any atom is -0.369 e. The predicted molar refractivity (Wildman–Crippen MR) is 75.8 cm³/mol. The summed E-state index contributed by atoms with van der Waals surface area (Å²) in [6.45, 7) is 0.549. The Morgan fingerprint density at radius 2 is 2.13 bits per heavy atom. The summed E-state index contributed by atoms with van der Waals surface area (Å²) >= 11 is 0.459. The first-order valence-electron chi connectivity index (χ1n) is 6.69. The molecule has 1 amide bonds. The van der Waals surface area contributed by atoms with Gasteiger partial charge in [-0.05, 0) is 5.56 Å². The second-order valence-electron chi connectivity index (χ2n) is 5.36. The number of hydrogen-bond acceptors (Lipinski definition) is 6. The number of rotatable bonds is 3. The Labute approximate surface area is 132 Å². The standard InChI is InChI=1S/C12H13F3N6OS/c1-20-3-6(2-17-20)7-4-21(5-8(7)9(16)22)11-19-18-10(23-11)12(13,14)15/h2-3,7-8H,4-5H2,1H3,(H2,16,22)/t7-,8+/m1/s1. The topological polar surface area (TPSA) is 89.9 Å². The lowest BCUT2D eigenvalue weighted by molar-refractivity contribution is -0.138. The molecule has 0 bridgehead atoms. The summed E-state index contributed by atoms with van der Waals surface area (Å²) < 4.78 is 39.5. The van der Waals surface area contributed by atoms with Crippen molar-refractivity contribution >= 4 is 22.4 Å². The Kier molecular flexibility index (Phi) is 3.74. The van der Waals surface area contributed by atoms with Crippen molar-refractivity contribution in [1.29, 1.82) is 0 Å². The molecule has 2 aromatic rings. The molecule has 2 atom stereocenters. The van der Waals surface area contributed by atoms with E-state index in [9.17, 15) is 18.0 Å². The fraction of sp³-hybridized carbons (Fsp3) is 0.500. The van der Waals surface area contributed by atoms with E-state index >= 15 is 0 Å². The number of hydrogen-bond donors (Lipinski definition) is 1. The highest BCUT2D eigenvalue weighted by Crippen LogP contribution is 2.39. The molecular weight excluding hydrogens is 333 g/mol. The number of aryl methyl sites for hydroxylation is 1. The van der Waals surface area contributed by atoms with Gasteiger partial charge < -0.3 is 10.6 Å². The van der Waals surface area contributed by atoms with E-state index in [4.69, 9.17) is 5.73 Å². The van der Waals surface area contributed by atoms with Crippen molar-refractivity contribution in [3.05, 3.63) is 23.0 Å². The molecule has 2 N–H and O–H groups in total. The number of carbonyl (C=O) groups excluding carboxylic acids is 1. The lowest BCUT2D eigenvalue weighted by Crippen LogP contribution is -2.29. The maximum atomic E-state index is 12.6. The van der Waals surface area contributed by atoms with Crippen molar-refractivity contribution in [3.63, 3.8) is 0 Å². The van der Waals surface area contributed by atoms with Crippen LogP contribution >= 0.6 is 11.3 Å². The molecule has 0 radical (unpaired) electrons. The monoisotopic (exact) mass is 346 g/mol. The van der Waals surface area contributed by atoms with Crippen LogP contribution in [0, 0.1) is 5.92 Å². The van der Waals surface area contributed by atoms with Crippen LogP contribution in [0.25, 0.3) is 0 Å². The zero-order valence-corrected chi connectivity index (χ0v) is 12.8. The Bertz CT molecular complexity index is 726. The normalized spacial score (nSPS) is 21.8. The number of halogens is 3. The zero-order chi connectivity index (χ0) is 16.8. The lowest BCUT2D eigenvalue weighted by Gasteiger charge is -2.13. The molecule has 0 aliphatic carbocycles. The van der Waals surface area contributed by atoms with Gasteiger partial charge in [-0.15, -0.1) is 10.2 Å². The molecule has 124 valence electrons. The number of amides is 1. The number of primary amides is 1. The van der Waals surface area contributed by atoms with Gasteiger partial charge in [-0.2, -0.15) is 18.3 Å². The Morgan fingerprint density at radius 1 is 1.39 bits per heavy atom. The first-order valence-corrected chi connectivity index (χ1v) is 7.51. The average molecular weight is 346 g/mol. The Hall–Kier alpha value is -2.17. The summed E-state index contributed by atoms with van der Waals surface area (Å²) in [5.41, 5.74) is 6.26. The summed E-state index contributed by atoms with van der Waals surface area (Å²) in [6.07, 6.45) is -1.13. The van der Waals surface area contributed by atoms with E-state index in [-0.39, 0.29) is 17.6 Å². The third-order valence-corrected chi connectivity index (χ3v) is 4.79. The van der Waals surface area contributed by atoms with E-state index in [0.717, 1.165) is 5.56 Å². The predicted octanol–water partition coefficient (Wildman–Crippen LogP) is 0.996. The Balaban J connectivity index is 1.85. The van der Waals surface area contributed by atoms with Gasteiger partial charge in [0.2, 0.25) is 16.0 Å². The number of aromatic nitrogens is 4. The minimum atomic E-state index is -4.53. The van der Waals surface area contributed by atoms with Gasteiger partial charge in [-0.3, -0.25) is 9.48 Å². The van der Waals surface area contributed by atoms with Crippen LogP contribution in [-0.4, -0.2) is 39.0 Å². The van der Waals surface area contributed by atoms with E-state index in [1.165, 1.54) is 0 Å². The third kappa shape index (κ3) is 3.00. The quantitative estimate of drug-likeness (QED) is 0.895. The van der Waals surface area contributed by atoms with Crippen LogP contribution in [0.4, 0.5) is 18.3 Å². The average Bonchev–Trinajstić information content (AvgIpc) is 3.15. The molecule has 0 spiro atoms. The molecule has 1 aliphatic rings. The molecular formula is C12H13F3N6OS. The van der Waals surface area contributed by atoms with Crippen molar-refractivity contribution in [2.45, 2.75) is 12.1 Å². The fourth-order valence-electron chi connectivity index (χ4n) is 2.68. The van der Waals surface area contributed by atoms with Crippen LogP contribution in [0.15, 0.2) is 12.4 Å². The second kappa shape index (κ2) is 5.48. The van der Waals surface area contributed by atoms with Crippen LogP contribution in [0.2, 0.25) is 0 Å². The van der Waals surface area contributed by atoms with Gasteiger partial charge in [0.05, 0.1) is 12.1 Å². The summed E-state index contributed by atoms with van der Waals surface area (Å²) in [7, 11) is 1.75. The molecule has 23 heavy (non-hydrogen) atoms. The fourth-order valence-corrected chi connectivity index (χ4v) is 3.41. The number of carbonyl (C=O) groups is 1. The molecule has 3 heterocycles. The first-order chi connectivity index (χ1) is 10.8. The van der Waals surface area contributed by atoms with Crippen molar-refractivity contribution in [1.82, 2.24) is 20.0 Å². The van der Waals surface area contributed by atoms with E-state index in [1.54, 1.807) is 29.0 Å². The zero-order valence-electron chi connectivity index (χ0n) is 12.0. The largest absolute Gasteiger partial charge is 0.445 e. The molecule has 1 saturated heterocycles. The maximum absolute atomic E-state index is 12.6. The number of nitrogens with zero attached hydrogens (tertiary/aromatic N) is 5. The highest BCUT2D eigenvalue weighted by molar-refractivity contribution is 7.15. The van der Waals surface area contributed by atoms with Crippen LogP contribution in [0.3, 0.4) is 0 Å². The summed E-state index contributed by atoms with van der Waals surface area (Å²) in [4.78, 5) is 13.3. The van der Waals surface area contributed by atoms with E-state index in [1.807, 2.05) is 0 Å². The first kappa shape index (κ1) is 15.7. The van der Waals surface area contributed by atoms with Crippen LogP contribution in [-0.2, 0) is 18.0 Å². The number of nitrogens with two attached hydrogens (primary N) is 1. The smallest absolute Gasteiger partial charge is 0.369 e. The van der Waals surface area contributed by atoms with E-state index in [0.29, 0.717) is 17.9 Å². The molecule has 7 nitrogen and oxygen atoms in total. The van der Waals surface area contributed by atoms with Crippen LogP contribution in [0.1, 0.15) is 16.5 Å². The lowest BCUT2D eigenvalue weighted by atomic mass is 9.90. The van der Waals surface area contributed by atoms with Gasteiger partial charge in [-0.1, -0.05) is 11.3 Å². The number of anilines is 1. The molecule has 1 aliphatic heterocycles. The molecule has 0 saturated carbocycles. The van der Waals surface area contributed by atoms with Gasteiger partial charge in [0.1, 0.15) is 0 Å². The highest BCUT2D eigenvalue weighted by Gasteiger charge is 2.41. The highest BCUT2D eigenvalue weighted by atomic mass is 32.1. The van der Waals surface area contributed by atoms with Gasteiger partial charge in [0.15, 0.2) is 0 Å². The molecule has 2 aromatic heterocycles. The van der Waals surface area contributed by atoms with E-state index < -0.39 is 23.0 Å². The van der Waals surface area contributed by atoms with Crippen molar-refractivity contribution < 1.29 is 18.0 Å². The third-order valence-electron chi connectivity index (χ3n) is 3.77. The van der Waals surface area contributed by atoms with Gasteiger partial charge in [0, 0.05) is 32.3 Å². The van der Waals surface area contributed by atoms with Crippen molar-refractivity contribution in [2.24, 2.45) is 18.7 Å². The van der Waals surface area contributed by atoms with Gasteiger partial charge in [0.25, 0.3) is 0 Å². The summed E-state index contributed by atoms with van der Waals surface area (Å²) in [5.74, 6) is -1.25. The SMILES string of the molecule is Cn1cc([C@H]2CN(c3nnc(C(F)(F)F)s3)C[C@@H]2C(N)=O)cn1. The van der Waals surface area contributed by atoms with E-state index in [2.05, 4.69) is 15.3 Å². The van der Waals surface area contributed by atoms with Crippen molar-refractivity contribution in [3.8, 4) is 0 Å². The van der Waals surface area contributed by atoms with Crippen LogP contribution < -0.4 is 10.6 Å². The summed E-state index contributed by atoms with van der Waals surface area (Å²) in [5, 5.41) is 9.96. The van der Waals surface area contributed by atoms with Gasteiger partial charge in [-0.25, -0.2) is 0 Å². The molecule has 11 heteroatoms. The Morgan fingerprint density at radius 3 is 2.65 bits per heavy atom. The molecule has 1 fully saturated rings. The number of alkyl halides is 3. The maximum Gasteiger partial charge on any atom is 0.445 e. The molecule has 0 unspecified atom stereocenters.